The van der Waals surface area contributed by atoms with Crippen LogP contribution >= 0.6 is 23.3 Å². The Morgan fingerprint density at radius 2 is 2.44 bits per heavy atom. The van der Waals surface area contributed by atoms with Crippen LogP contribution in [-0.4, -0.2) is 19.1 Å². The van der Waals surface area contributed by atoms with Crippen molar-refractivity contribution in [1.29, 1.82) is 0 Å². The molecule has 0 unspecified atom stereocenters. The van der Waals surface area contributed by atoms with Gasteiger partial charge in [-0.2, -0.15) is 9.47 Å². The summed E-state index contributed by atoms with van der Waals surface area (Å²) in [4.78, 5) is 5.74. The number of hydrogen-bond donors (Lipinski definition) is 0. The van der Waals surface area contributed by atoms with Crippen molar-refractivity contribution in [2.45, 2.75) is 29.4 Å². The molecule has 2 aromatic rings. The first-order chi connectivity index (χ1) is 7.81. The molecule has 2 heterocycles. The zero-order valence-electron chi connectivity index (χ0n) is 8.96. The van der Waals surface area contributed by atoms with Crippen molar-refractivity contribution in [3.05, 3.63) is 23.2 Å². The summed E-state index contributed by atoms with van der Waals surface area (Å²) in [6, 6.07) is 0. The van der Waals surface area contributed by atoms with Crippen molar-refractivity contribution in [3.8, 4) is 0 Å². The molecule has 0 saturated heterocycles. The van der Waals surface area contributed by atoms with Crippen molar-refractivity contribution in [2.24, 2.45) is 7.05 Å². The van der Waals surface area contributed by atoms with E-state index >= 15 is 0 Å². The fourth-order valence-corrected chi connectivity index (χ4v) is 3.07. The average molecular weight is 252 g/mol. The molecule has 0 radical (unpaired) electrons. The largest absolute Gasteiger partial charge is 0.275 e. The Labute approximate surface area is 102 Å². The molecular weight excluding hydrogens is 240 g/mol. The highest BCUT2D eigenvalue weighted by atomic mass is 32.2. The van der Waals surface area contributed by atoms with E-state index in [1.165, 1.54) is 29.3 Å². The molecule has 84 valence electrons. The topological polar surface area (TPSA) is 43.6 Å². The SMILES string of the molecule is Cn1cc(SCc2nc(C3CC3)ns2)cn1. The Kier molecular flexibility index (Phi) is 2.69. The van der Waals surface area contributed by atoms with Crippen LogP contribution in [0.3, 0.4) is 0 Å². The third-order valence-electron chi connectivity index (χ3n) is 2.47. The number of thioether (sulfide) groups is 1. The number of hydrogen-bond acceptors (Lipinski definition) is 5. The van der Waals surface area contributed by atoms with Crippen LogP contribution in [0.25, 0.3) is 0 Å². The zero-order valence-corrected chi connectivity index (χ0v) is 10.6. The van der Waals surface area contributed by atoms with Crippen molar-refractivity contribution in [1.82, 2.24) is 19.1 Å². The maximum Gasteiger partial charge on any atom is 0.145 e. The van der Waals surface area contributed by atoms with Crippen LogP contribution in [0.1, 0.15) is 29.6 Å². The van der Waals surface area contributed by atoms with Crippen LogP contribution in [0.15, 0.2) is 17.3 Å². The van der Waals surface area contributed by atoms with E-state index in [2.05, 4.69) is 14.5 Å². The van der Waals surface area contributed by atoms with Gasteiger partial charge < -0.3 is 0 Å². The lowest BCUT2D eigenvalue weighted by atomic mass is 10.4. The number of aryl methyl sites for hydroxylation is 1. The van der Waals surface area contributed by atoms with Crippen LogP contribution in [-0.2, 0) is 12.8 Å². The first-order valence-electron chi connectivity index (χ1n) is 5.25. The third kappa shape index (κ3) is 2.27. The maximum absolute atomic E-state index is 4.55. The first-order valence-corrected chi connectivity index (χ1v) is 7.01. The summed E-state index contributed by atoms with van der Waals surface area (Å²) in [7, 11) is 1.93. The van der Waals surface area contributed by atoms with Gasteiger partial charge in [0.25, 0.3) is 0 Å². The van der Waals surface area contributed by atoms with Gasteiger partial charge >= 0.3 is 0 Å². The monoisotopic (exact) mass is 252 g/mol. The summed E-state index contributed by atoms with van der Waals surface area (Å²) >= 11 is 3.30. The molecule has 0 amide bonds. The van der Waals surface area contributed by atoms with Crippen LogP contribution in [0.4, 0.5) is 0 Å². The highest BCUT2D eigenvalue weighted by Crippen LogP contribution is 2.39. The van der Waals surface area contributed by atoms with E-state index in [0.29, 0.717) is 5.92 Å². The molecular formula is C10H12N4S2. The van der Waals surface area contributed by atoms with Gasteiger partial charge in [0.05, 0.1) is 11.9 Å². The molecule has 0 atom stereocenters. The average Bonchev–Trinajstić information content (AvgIpc) is 2.87. The molecule has 16 heavy (non-hydrogen) atoms. The molecule has 0 N–H and O–H groups in total. The molecule has 3 rings (SSSR count). The Hall–Kier alpha value is -0.880. The summed E-state index contributed by atoms with van der Waals surface area (Å²) in [5.41, 5.74) is 0. The minimum atomic E-state index is 0.661. The molecule has 0 bridgehead atoms. The quantitative estimate of drug-likeness (QED) is 0.784. The van der Waals surface area contributed by atoms with Crippen LogP contribution < -0.4 is 0 Å². The predicted molar refractivity (Wildman–Crippen MR) is 64.7 cm³/mol. The summed E-state index contributed by atoms with van der Waals surface area (Å²) < 4.78 is 6.21. The summed E-state index contributed by atoms with van der Waals surface area (Å²) in [6.07, 6.45) is 6.44. The van der Waals surface area contributed by atoms with E-state index in [0.717, 1.165) is 16.6 Å². The number of nitrogens with zero attached hydrogens (tertiary/aromatic N) is 4. The van der Waals surface area contributed by atoms with Gasteiger partial charge in [-0.15, -0.1) is 11.8 Å². The molecule has 2 aromatic heterocycles. The van der Waals surface area contributed by atoms with Crippen molar-refractivity contribution >= 4 is 23.3 Å². The fourth-order valence-electron chi connectivity index (χ4n) is 1.45. The van der Waals surface area contributed by atoms with E-state index < -0.39 is 0 Å². The van der Waals surface area contributed by atoms with Crippen LogP contribution in [0.2, 0.25) is 0 Å². The van der Waals surface area contributed by atoms with Crippen molar-refractivity contribution in [3.63, 3.8) is 0 Å². The van der Waals surface area contributed by atoms with Crippen LogP contribution in [0.5, 0.6) is 0 Å². The van der Waals surface area contributed by atoms with Gasteiger partial charge in [0, 0.05) is 24.1 Å². The standard InChI is InChI=1S/C10H12N4S2/c1-14-5-8(4-11-14)15-6-9-12-10(13-16-9)7-2-3-7/h4-5,7H,2-3,6H2,1H3. The van der Waals surface area contributed by atoms with Gasteiger partial charge in [-0.1, -0.05) is 0 Å². The molecule has 1 aliphatic rings. The van der Waals surface area contributed by atoms with E-state index in [4.69, 9.17) is 0 Å². The van der Waals surface area contributed by atoms with Gasteiger partial charge in [0.15, 0.2) is 0 Å². The van der Waals surface area contributed by atoms with Gasteiger partial charge in [0.1, 0.15) is 10.8 Å². The molecule has 1 saturated carbocycles. The molecule has 4 nitrogen and oxygen atoms in total. The number of rotatable bonds is 4. The molecule has 1 fully saturated rings. The smallest absolute Gasteiger partial charge is 0.145 e. The second-order valence-corrected chi connectivity index (χ2v) is 5.84. The van der Waals surface area contributed by atoms with Gasteiger partial charge in [-0.05, 0) is 24.4 Å². The number of aromatic nitrogens is 4. The highest BCUT2D eigenvalue weighted by Gasteiger charge is 2.27. The molecule has 6 heteroatoms. The normalized spacial score (nSPS) is 15.6. The van der Waals surface area contributed by atoms with Crippen LogP contribution in [0, 0.1) is 0 Å². The second-order valence-electron chi connectivity index (χ2n) is 3.96. The zero-order chi connectivity index (χ0) is 11.0. The maximum atomic E-state index is 4.55. The van der Waals surface area contributed by atoms with E-state index in [9.17, 15) is 0 Å². The molecule has 1 aliphatic carbocycles. The fraction of sp³-hybridized carbons (Fsp3) is 0.500. The minimum Gasteiger partial charge on any atom is -0.275 e. The Balaban J connectivity index is 1.61. The van der Waals surface area contributed by atoms with Crippen molar-refractivity contribution < 1.29 is 0 Å². The Morgan fingerprint density at radius 3 is 3.12 bits per heavy atom. The Bertz CT molecular complexity index is 486. The molecule has 0 aliphatic heterocycles. The minimum absolute atomic E-state index is 0.661. The second kappa shape index (κ2) is 4.18. The summed E-state index contributed by atoms with van der Waals surface area (Å²) in [5.74, 6) is 2.62. The van der Waals surface area contributed by atoms with Gasteiger partial charge in [-0.25, -0.2) is 4.98 Å². The lowest BCUT2D eigenvalue weighted by molar-refractivity contribution is 0.766. The van der Waals surface area contributed by atoms with E-state index in [1.54, 1.807) is 11.8 Å². The van der Waals surface area contributed by atoms with Crippen molar-refractivity contribution in [2.75, 3.05) is 0 Å². The first kappa shape index (κ1) is 10.3. The lowest BCUT2D eigenvalue weighted by Crippen LogP contribution is -1.84. The molecule has 0 spiro atoms. The highest BCUT2D eigenvalue weighted by molar-refractivity contribution is 7.98. The third-order valence-corrected chi connectivity index (χ3v) is 4.34. The predicted octanol–water partition coefficient (Wildman–Crippen LogP) is 2.44. The Morgan fingerprint density at radius 1 is 1.56 bits per heavy atom. The summed E-state index contributed by atoms with van der Waals surface area (Å²) in [5, 5.41) is 5.26. The van der Waals surface area contributed by atoms with E-state index in [-0.39, 0.29) is 0 Å². The van der Waals surface area contributed by atoms with E-state index in [1.807, 2.05) is 24.1 Å². The lowest BCUT2D eigenvalue weighted by Gasteiger charge is -1.92. The molecule has 0 aromatic carbocycles. The van der Waals surface area contributed by atoms with Gasteiger partial charge in [0.2, 0.25) is 0 Å². The van der Waals surface area contributed by atoms with Gasteiger partial charge in [-0.3, -0.25) is 4.68 Å². The summed E-state index contributed by atoms with van der Waals surface area (Å²) in [6.45, 7) is 0.